The maximum atomic E-state index is 9.09. The summed E-state index contributed by atoms with van der Waals surface area (Å²) in [4.78, 5) is 7.76. The van der Waals surface area contributed by atoms with Crippen LogP contribution in [0.4, 0.5) is 0 Å². The average molecular weight is 406 g/mol. The number of hydrogen-bond donors (Lipinski definition) is 1. The predicted molar refractivity (Wildman–Crippen MR) is 104 cm³/mol. The molecule has 0 aliphatic rings. The lowest BCUT2D eigenvalue weighted by Crippen LogP contribution is -2.06. The molecule has 128 valence electrons. The lowest BCUT2D eigenvalue weighted by molar-refractivity contribution is 0.573. The van der Waals surface area contributed by atoms with Crippen molar-refractivity contribution in [2.75, 3.05) is 0 Å². The highest BCUT2D eigenvalue weighted by molar-refractivity contribution is 9.10. The monoisotopic (exact) mass is 405 g/mol. The molecule has 0 fully saturated rings. The number of H-pyrrole nitrogens is 1. The van der Waals surface area contributed by atoms with Gasteiger partial charge < -0.3 is 9.40 Å². The number of aromatic amines is 1. The number of benzene rings is 2. The van der Waals surface area contributed by atoms with E-state index in [1.54, 1.807) is 6.20 Å². The molecule has 0 amide bonds. The first-order valence-corrected chi connectivity index (χ1v) is 9.07. The molecule has 1 N–H and O–H groups in total. The second-order valence-electron chi connectivity index (χ2n) is 6.27. The van der Waals surface area contributed by atoms with Crippen LogP contribution < -0.4 is 0 Å². The van der Waals surface area contributed by atoms with Crippen molar-refractivity contribution < 1.29 is 4.42 Å². The van der Waals surface area contributed by atoms with Gasteiger partial charge >= 0.3 is 0 Å². The topological polar surface area (TPSA) is 65.6 Å². The van der Waals surface area contributed by atoms with E-state index in [0.717, 1.165) is 43.7 Å². The first-order chi connectivity index (χ1) is 12.6. The Morgan fingerprint density at radius 3 is 2.58 bits per heavy atom. The van der Waals surface area contributed by atoms with Gasteiger partial charge in [0.2, 0.25) is 0 Å². The first kappa shape index (κ1) is 16.6. The Labute approximate surface area is 159 Å². The number of halogens is 1. The van der Waals surface area contributed by atoms with Gasteiger partial charge in [0.05, 0.1) is 22.0 Å². The second kappa shape index (κ2) is 6.47. The minimum absolute atomic E-state index is 0.0796. The number of aryl methyl sites for hydroxylation is 2. The van der Waals surface area contributed by atoms with Gasteiger partial charge in [0.15, 0.2) is 0 Å². The van der Waals surface area contributed by atoms with Gasteiger partial charge in [0.25, 0.3) is 0 Å². The molecule has 1 unspecified atom stereocenters. The van der Waals surface area contributed by atoms with Gasteiger partial charge in [-0.15, -0.1) is 0 Å². The average Bonchev–Trinajstić information content (AvgIpc) is 3.28. The van der Waals surface area contributed by atoms with E-state index in [0.29, 0.717) is 5.56 Å². The predicted octanol–water partition coefficient (Wildman–Crippen LogP) is 5.59. The number of hydrogen-bond acceptors (Lipinski definition) is 3. The molecule has 4 rings (SSSR count). The quantitative estimate of drug-likeness (QED) is 0.483. The third kappa shape index (κ3) is 2.63. The Morgan fingerprint density at radius 1 is 1.15 bits per heavy atom. The lowest BCUT2D eigenvalue weighted by atomic mass is 9.87. The molecular weight excluding hydrogens is 390 g/mol. The number of fused-ring (bicyclic) bond motifs is 1. The molecule has 2 heterocycles. The van der Waals surface area contributed by atoms with Crippen LogP contribution in [0.5, 0.6) is 0 Å². The summed E-state index contributed by atoms with van der Waals surface area (Å²) in [5.41, 5.74) is 4.81. The molecule has 0 aliphatic heterocycles. The molecule has 4 nitrogen and oxygen atoms in total. The van der Waals surface area contributed by atoms with Gasteiger partial charge in [-0.05, 0) is 64.7 Å². The van der Waals surface area contributed by atoms with Crippen LogP contribution in [0, 0.1) is 25.2 Å². The number of nitrogens with zero attached hydrogens (tertiary/aromatic N) is 2. The van der Waals surface area contributed by atoms with E-state index in [1.807, 2.05) is 43.5 Å². The van der Waals surface area contributed by atoms with Gasteiger partial charge in [0.1, 0.15) is 17.2 Å². The van der Waals surface area contributed by atoms with E-state index in [1.165, 1.54) is 0 Å². The van der Waals surface area contributed by atoms with Gasteiger partial charge in [-0.2, -0.15) is 5.26 Å². The molecule has 0 spiro atoms. The van der Waals surface area contributed by atoms with Crippen molar-refractivity contribution in [1.82, 2.24) is 9.97 Å². The molecule has 5 heteroatoms. The van der Waals surface area contributed by atoms with Crippen LogP contribution in [0.15, 0.2) is 57.7 Å². The van der Waals surface area contributed by atoms with Crippen LogP contribution in [0.1, 0.15) is 39.8 Å². The SMILES string of the molecule is Cc1oc2c(Br)ccc(C(c3ccc(C#N)cc3)c3ncc[nH]3)c2c1C. The summed E-state index contributed by atoms with van der Waals surface area (Å²) in [5.74, 6) is 1.69. The molecule has 4 aromatic rings. The zero-order valence-electron chi connectivity index (χ0n) is 14.4. The highest BCUT2D eigenvalue weighted by atomic mass is 79.9. The minimum Gasteiger partial charge on any atom is -0.460 e. The summed E-state index contributed by atoms with van der Waals surface area (Å²) in [6.45, 7) is 4.06. The zero-order chi connectivity index (χ0) is 18.3. The molecule has 2 aromatic carbocycles. The first-order valence-electron chi connectivity index (χ1n) is 8.27. The summed E-state index contributed by atoms with van der Waals surface area (Å²) < 4.78 is 6.93. The van der Waals surface area contributed by atoms with Crippen LogP contribution in [0.2, 0.25) is 0 Å². The summed E-state index contributed by atoms with van der Waals surface area (Å²) in [6, 6.07) is 14.0. The van der Waals surface area contributed by atoms with Crippen molar-refractivity contribution in [3.8, 4) is 6.07 Å². The number of furan rings is 1. The van der Waals surface area contributed by atoms with E-state index in [9.17, 15) is 0 Å². The molecule has 1 atom stereocenters. The normalized spacial score (nSPS) is 12.2. The van der Waals surface area contributed by atoms with Crippen molar-refractivity contribution in [2.45, 2.75) is 19.8 Å². The van der Waals surface area contributed by atoms with Gasteiger partial charge in [-0.3, -0.25) is 0 Å². The summed E-state index contributed by atoms with van der Waals surface area (Å²) >= 11 is 3.60. The van der Waals surface area contributed by atoms with Crippen molar-refractivity contribution in [3.63, 3.8) is 0 Å². The van der Waals surface area contributed by atoms with Crippen LogP contribution >= 0.6 is 15.9 Å². The number of aromatic nitrogens is 2. The van der Waals surface area contributed by atoms with E-state index < -0.39 is 0 Å². The van der Waals surface area contributed by atoms with Crippen LogP contribution in [-0.2, 0) is 0 Å². The summed E-state index contributed by atoms with van der Waals surface area (Å²) in [6.07, 6.45) is 3.59. The highest BCUT2D eigenvalue weighted by Crippen LogP contribution is 2.40. The fourth-order valence-corrected chi connectivity index (χ4v) is 3.79. The van der Waals surface area contributed by atoms with Gasteiger partial charge in [-0.25, -0.2) is 4.98 Å². The summed E-state index contributed by atoms with van der Waals surface area (Å²) in [5, 5.41) is 10.2. The van der Waals surface area contributed by atoms with Crippen LogP contribution in [-0.4, -0.2) is 9.97 Å². The van der Waals surface area contributed by atoms with E-state index in [2.05, 4.69) is 45.0 Å². The molecule has 0 radical (unpaired) electrons. The Kier molecular flexibility index (Phi) is 4.14. The number of rotatable bonds is 3. The Bertz CT molecular complexity index is 1120. The largest absolute Gasteiger partial charge is 0.460 e. The van der Waals surface area contributed by atoms with Crippen LogP contribution in [0.3, 0.4) is 0 Å². The lowest BCUT2D eigenvalue weighted by Gasteiger charge is -2.18. The van der Waals surface area contributed by atoms with E-state index in [-0.39, 0.29) is 5.92 Å². The molecule has 0 saturated heterocycles. The summed E-state index contributed by atoms with van der Waals surface area (Å²) in [7, 11) is 0. The molecule has 0 aliphatic carbocycles. The van der Waals surface area contributed by atoms with Crippen molar-refractivity contribution in [3.05, 3.63) is 87.1 Å². The number of imidazole rings is 1. The highest BCUT2D eigenvalue weighted by Gasteiger charge is 2.25. The van der Waals surface area contributed by atoms with E-state index >= 15 is 0 Å². The molecule has 0 bridgehead atoms. The Morgan fingerprint density at radius 2 is 1.92 bits per heavy atom. The fourth-order valence-electron chi connectivity index (χ4n) is 3.38. The smallest absolute Gasteiger partial charge is 0.149 e. The molecule has 2 aromatic heterocycles. The fraction of sp³-hybridized carbons (Fsp3) is 0.143. The maximum Gasteiger partial charge on any atom is 0.149 e. The van der Waals surface area contributed by atoms with Crippen molar-refractivity contribution >= 4 is 26.9 Å². The van der Waals surface area contributed by atoms with E-state index in [4.69, 9.17) is 9.68 Å². The second-order valence-corrected chi connectivity index (χ2v) is 7.12. The Balaban J connectivity index is 2.00. The number of nitrogens with one attached hydrogen (secondary N) is 1. The third-order valence-electron chi connectivity index (χ3n) is 4.78. The standard InChI is InChI=1S/C21H16BrN3O/c1-12-13(2)26-20-17(22)8-7-16(18(12)20)19(21-24-9-10-25-21)15-5-3-14(11-23)4-6-15/h3-10,19H,1-2H3,(H,24,25). The minimum atomic E-state index is -0.0796. The molecule has 0 saturated carbocycles. The zero-order valence-corrected chi connectivity index (χ0v) is 16.0. The third-order valence-corrected chi connectivity index (χ3v) is 5.40. The van der Waals surface area contributed by atoms with Crippen LogP contribution in [0.25, 0.3) is 11.0 Å². The van der Waals surface area contributed by atoms with Gasteiger partial charge in [0, 0.05) is 17.8 Å². The van der Waals surface area contributed by atoms with Gasteiger partial charge in [-0.1, -0.05) is 18.2 Å². The molecular formula is C21H16BrN3O. The maximum absolute atomic E-state index is 9.09. The van der Waals surface area contributed by atoms with Crippen molar-refractivity contribution in [2.24, 2.45) is 0 Å². The number of nitriles is 1. The molecule has 26 heavy (non-hydrogen) atoms. The van der Waals surface area contributed by atoms with Crippen molar-refractivity contribution in [1.29, 1.82) is 5.26 Å². The Hall–Kier alpha value is -2.84.